The molecule has 0 atom stereocenters. The van der Waals surface area contributed by atoms with Crippen molar-refractivity contribution in [2.75, 3.05) is 31.3 Å². The highest BCUT2D eigenvalue weighted by atomic mass is 32.2. The predicted molar refractivity (Wildman–Crippen MR) is 111 cm³/mol. The largest absolute Gasteiger partial charge is 0.508 e. The lowest BCUT2D eigenvalue weighted by Crippen LogP contribution is -2.38. The van der Waals surface area contributed by atoms with Crippen molar-refractivity contribution >= 4 is 21.6 Å². The Morgan fingerprint density at radius 3 is 2.62 bits per heavy atom. The van der Waals surface area contributed by atoms with Crippen LogP contribution in [-0.2, 0) is 27.5 Å². The maximum absolute atomic E-state index is 12.6. The highest BCUT2D eigenvalue weighted by molar-refractivity contribution is 7.91. The smallest absolute Gasteiger partial charge is 0.322 e. The van der Waals surface area contributed by atoms with E-state index in [2.05, 4.69) is 5.32 Å². The number of aromatic hydroxyl groups is 1. The first-order valence-electron chi connectivity index (χ1n) is 9.49. The summed E-state index contributed by atoms with van der Waals surface area (Å²) in [5, 5.41) is 12.7. The number of carbonyl (C=O) groups is 1. The Morgan fingerprint density at radius 2 is 1.93 bits per heavy atom. The summed E-state index contributed by atoms with van der Waals surface area (Å²) in [5.74, 6) is 0.299. The number of phenolic OH excluding ortho intramolecular Hbond substituents is 1. The van der Waals surface area contributed by atoms with E-state index in [4.69, 9.17) is 4.74 Å². The number of benzene rings is 2. The van der Waals surface area contributed by atoms with Crippen LogP contribution in [0.15, 0.2) is 41.3 Å². The minimum atomic E-state index is -3.36. The van der Waals surface area contributed by atoms with Crippen LogP contribution < -0.4 is 5.32 Å². The number of fused-ring (bicyclic) bond motifs is 1. The number of anilines is 1. The zero-order chi connectivity index (χ0) is 21.0. The molecule has 0 aromatic heterocycles. The molecule has 0 radical (unpaired) electrons. The molecule has 29 heavy (non-hydrogen) atoms. The molecule has 2 N–H and O–H groups in total. The summed E-state index contributed by atoms with van der Waals surface area (Å²) in [5.41, 5.74) is 3.41. The molecule has 8 heteroatoms. The van der Waals surface area contributed by atoms with E-state index < -0.39 is 9.84 Å². The monoisotopic (exact) mass is 418 g/mol. The third-order valence-corrected chi connectivity index (χ3v) is 6.86. The summed E-state index contributed by atoms with van der Waals surface area (Å²) in [6, 6.07) is 9.66. The molecular formula is C21H26N2O5S. The van der Waals surface area contributed by atoms with Gasteiger partial charge in [0.05, 0.1) is 10.6 Å². The molecule has 156 valence electrons. The van der Waals surface area contributed by atoms with E-state index in [0.717, 1.165) is 16.7 Å². The maximum atomic E-state index is 12.6. The lowest BCUT2D eigenvalue weighted by Gasteiger charge is -2.29. The third-order valence-electron chi connectivity index (χ3n) is 5.04. The minimum Gasteiger partial charge on any atom is -0.508 e. The van der Waals surface area contributed by atoms with Crippen molar-refractivity contribution in [1.82, 2.24) is 4.90 Å². The Kier molecular flexibility index (Phi) is 6.44. The summed E-state index contributed by atoms with van der Waals surface area (Å²) < 4.78 is 29.5. The molecule has 1 aliphatic rings. The predicted octanol–water partition coefficient (Wildman–Crippen LogP) is 3.10. The average Bonchev–Trinajstić information content (AvgIpc) is 2.69. The fourth-order valence-electron chi connectivity index (χ4n) is 3.35. The maximum Gasteiger partial charge on any atom is 0.322 e. The van der Waals surface area contributed by atoms with Crippen molar-refractivity contribution in [3.63, 3.8) is 0 Å². The fourth-order valence-corrected chi connectivity index (χ4v) is 4.64. The van der Waals surface area contributed by atoms with Gasteiger partial charge in [0, 0.05) is 32.5 Å². The number of amides is 2. The lowest BCUT2D eigenvalue weighted by molar-refractivity contribution is 0.199. The summed E-state index contributed by atoms with van der Waals surface area (Å²) >= 11 is 0. The fraction of sp³-hybridized carbons (Fsp3) is 0.381. The Bertz CT molecular complexity index is 987. The number of nitrogens with one attached hydrogen (secondary N) is 1. The normalized spacial score (nSPS) is 13.8. The van der Waals surface area contributed by atoms with Crippen molar-refractivity contribution in [3.8, 4) is 5.75 Å². The van der Waals surface area contributed by atoms with Crippen molar-refractivity contribution in [2.24, 2.45) is 0 Å². The SMILES string of the molecule is COCCCS(=O)(=O)c1ccc(NC(=O)N2CCc3cc(O)c(C)cc3C2)cc1. The minimum absolute atomic E-state index is 0.0225. The zero-order valence-corrected chi connectivity index (χ0v) is 17.5. The first kappa shape index (κ1) is 21.1. The second-order valence-corrected chi connectivity index (χ2v) is 9.31. The molecule has 1 heterocycles. The van der Waals surface area contributed by atoms with Gasteiger partial charge in [-0.05, 0) is 66.8 Å². The van der Waals surface area contributed by atoms with Gasteiger partial charge in [0.25, 0.3) is 0 Å². The van der Waals surface area contributed by atoms with Gasteiger partial charge in [-0.15, -0.1) is 0 Å². The second-order valence-electron chi connectivity index (χ2n) is 7.20. The summed E-state index contributed by atoms with van der Waals surface area (Å²) in [4.78, 5) is 14.6. The highest BCUT2D eigenvalue weighted by Crippen LogP contribution is 2.27. The van der Waals surface area contributed by atoms with Crippen molar-refractivity contribution in [3.05, 3.63) is 53.1 Å². The number of sulfone groups is 1. The van der Waals surface area contributed by atoms with E-state index in [0.29, 0.717) is 38.2 Å². The number of nitrogens with zero attached hydrogens (tertiary/aromatic N) is 1. The molecule has 0 aliphatic carbocycles. The van der Waals surface area contributed by atoms with Crippen LogP contribution in [0.2, 0.25) is 0 Å². The number of hydrogen-bond donors (Lipinski definition) is 2. The number of methoxy groups -OCH3 is 1. The van der Waals surface area contributed by atoms with Gasteiger partial charge in [-0.3, -0.25) is 0 Å². The second kappa shape index (κ2) is 8.84. The molecular weight excluding hydrogens is 392 g/mol. The topological polar surface area (TPSA) is 95.9 Å². The van der Waals surface area contributed by atoms with E-state index in [9.17, 15) is 18.3 Å². The van der Waals surface area contributed by atoms with Gasteiger partial charge in [0.1, 0.15) is 5.75 Å². The number of rotatable bonds is 6. The zero-order valence-electron chi connectivity index (χ0n) is 16.6. The Labute approximate surface area is 171 Å². The van der Waals surface area contributed by atoms with Gasteiger partial charge in [-0.2, -0.15) is 0 Å². The highest BCUT2D eigenvalue weighted by Gasteiger charge is 2.22. The number of hydrogen-bond acceptors (Lipinski definition) is 5. The van der Waals surface area contributed by atoms with Crippen LogP contribution in [0, 0.1) is 6.92 Å². The van der Waals surface area contributed by atoms with E-state index in [1.807, 2.05) is 13.0 Å². The number of carbonyl (C=O) groups excluding carboxylic acids is 1. The van der Waals surface area contributed by atoms with Gasteiger partial charge >= 0.3 is 6.03 Å². The average molecular weight is 419 g/mol. The number of phenols is 1. The van der Waals surface area contributed by atoms with Gasteiger partial charge in [0.2, 0.25) is 0 Å². The molecule has 1 aliphatic heterocycles. The molecule has 2 aromatic rings. The molecule has 2 amide bonds. The van der Waals surface area contributed by atoms with Gasteiger partial charge in [-0.25, -0.2) is 13.2 Å². The summed E-state index contributed by atoms with van der Waals surface area (Å²) in [6.45, 7) is 3.24. The quantitative estimate of drug-likeness (QED) is 0.703. The molecule has 7 nitrogen and oxygen atoms in total. The molecule has 0 spiro atoms. The van der Waals surface area contributed by atoms with E-state index in [1.54, 1.807) is 23.1 Å². The van der Waals surface area contributed by atoms with Crippen LogP contribution in [0.3, 0.4) is 0 Å². The summed E-state index contributed by atoms with van der Waals surface area (Å²) in [6.07, 6.45) is 1.11. The Morgan fingerprint density at radius 1 is 1.21 bits per heavy atom. The molecule has 2 aromatic carbocycles. The first-order valence-corrected chi connectivity index (χ1v) is 11.1. The van der Waals surface area contributed by atoms with E-state index in [1.165, 1.54) is 19.2 Å². The van der Waals surface area contributed by atoms with E-state index in [-0.39, 0.29) is 22.4 Å². The van der Waals surface area contributed by atoms with Crippen LogP contribution in [0.25, 0.3) is 0 Å². The van der Waals surface area contributed by atoms with Crippen molar-refractivity contribution in [1.29, 1.82) is 0 Å². The number of aryl methyl sites for hydroxylation is 1. The van der Waals surface area contributed by atoms with Crippen molar-refractivity contribution in [2.45, 2.75) is 31.2 Å². The number of urea groups is 1. The van der Waals surface area contributed by atoms with Crippen LogP contribution >= 0.6 is 0 Å². The summed E-state index contributed by atoms with van der Waals surface area (Å²) in [7, 11) is -1.83. The van der Waals surface area contributed by atoms with Crippen LogP contribution in [-0.4, -0.2) is 50.5 Å². The molecule has 0 fully saturated rings. The first-order chi connectivity index (χ1) is 13.8. The molecule has 3 rings (SSSR count). The molecule has 0 unspecified atom stereocenters. The standard InChI is InChI=1S/C21H26N2O5S/c1-15-12-17-14-23(9-8-16(17)13-20(15)24)21(25)22-18-4-6-19(7-5-18)29(26,27)11-3-10-28-2/h4-7,12-13,24H,3,8-11,14H2,1-2H3,(H,22,25). The van der Waals surface area contributed by atoms with Gasteiger partial charge in [0.15, 0.2) is 9.84 Å². The van der Waals surface area contributed by atoms with Gasteiger partial charge in [-0.1, -0.05) is 6.07 Å². The van der Waals surface area contributed by atoms with Gasteiger partial charge < -0.3 is 20.1 Å². The Hall–Kier alpha value is -2.58. The number of ether oxygens (including phenoxy) is 1. The molecule has 0 saturated carbocycles. The van der Waals surface area contributed by atoms with Crippen LogP contribution in [0.1, 0.15) is 23.1 Å². The lowest BCUT2D eigenvalue weighted by atomic mass is 9.97. The van der Waals surface area contributed by atoms with E-state index >= 15 is 0 Å². The van der Waals surface area contributed by atoms with Crippen LogP contribution in [0.5, 0.6) is 5.75 Å². The van der Waals surface area contributed by atoms with Crippen LogP contribution in [0.4, 0.5) is 10.5 Å². The Balaban J connectivity index is 1.63. The third kappa shape index (κ3) is 5.07. The molecule has 0 bridgehead atoms. The molecule has 0 saturated heterocycles. The van der Waals surface area contributed by atoms with Crippen molar-refractivity contribution < 1.29 is 23.1 Å².